The molecule has 0 bridgehead atoms. The molecule has 2 aromatic rings. The van der Waals surface area contributed by atoms with Gasteiger partial charge in [-0.05, 0) is 55.7 Å². The molecule has 32 heavy (non-hydrogen) atoms. The zero-order valence-electron chi connectivity index (χ0n) is 17.6. The topological polar surface area (TPSA) is 84.9 Å². The largest absolute Gasteiger partial charge is 0.466 e. The lowest BCUT2D eigenvalue weighted by Crippen LogP contribution is -2.42. The van der Waals surface area contributed by atoms with Crippen LogP contribution in [0.5, 0.6) is 5.75 Å². The molecule has 2 aliphatic heterocycles. The maximum atomic E-state index is 13.0. The van der Waals surface area contributed by atoms with Gasteiger partial charge in [0.15, 0.2) is 11.5 Å². The van der Waals surface area contributed by atoms with Crippen molar-refractivity contribution in [1.82, 2.24) is 4.90 Å². The summed E-state index contributed by atoms with van der Waals surface area (Å²) in [6.07, 6.45) is 3.01. The van der Waals surface area contributed by atoms with Crippen molar-refractivity contribution in [3.8, 4) is 5.75 Å². The van der Waals surface area contributed by atoms with Crippen LogP contribution in [0.1, 0.15) is 35.7 Å². The standard InChI is InChI=1S/C24H23ClN2O5/c1-2-31-24(30)17-7-5-11-27(14-17)23(29)16-9-10-20-19(12-16)26-22(28)21(32-20)13-15-6-3-4-8-18(15)25/h3-4,6,8-10,12-13,17H,2,5,7,11,14H2,1H3,(H,26,28)/b21-13-/t17-/m0/s1. The summed E-state index contributed by atoms with van der Waals surface area (Å²) in [4.78, 5) is 39.3. The minimum atomic E-state index is -0.428. The number of fused-ring (bicyclic) bond motifs is 1. The van der Waals surface area contributed by atoms with Crippen molar-refractivity contribution in [3.63, 3.8) is 0 Å². The Hall–Kier alpha value is -3.32. The summed E-state index contributed by atoms with van der Waals surface area (Å²) in [5.41, 5.74) is 1.49. The molecule has 4 rings (SSSR count). The molecular formula is C24H23ClN2O5. The maximum Gasteiger partial charge on any atom is 0.310 e. The van der Waals surface area contributed by atoms with Gasteiger partial charge in [-0.2, -0.15) is 0 Å². The number of halogens is 1. The summed E-state index contributed by atoms with van der Waals surface area (Å²) in [6, 6.07) is 12.0. The Kier molecular flexibility index (Phi) is 6.46. The second-order valence-corrected chi connectivity index (χ2v) is 8.05. The highest BCUT2D eigenvalue weighted by Crippen LogP contribution is 2.33. The second-order valence-electron chi connectivity index (χ2n) is 7.64. The lowest BCUT2D eigenvalue weighted by atomic mass is 9.97. The fourth-order valence-electron chi connectivity index (χ4n) is 3.82. The first-order chi connectivity index (χ1) is 15.5. The number of rotatable bonds is 4. The van der Waals surface area contributed by atoms with Crippen molar-refractivity contribution in [3.05, 3.63) is 64.4 Å². The average molecular weight is 455 g/mol. The van der Waals surface area contributed by atoms with Crippen LogP contribution in [0.15, 0.2) is 48.2 Å². The number of benzene rings is 2. The van der Waals surface area contributed by atoms with E-state index in [9.17, 15) is 14.4 Å². The first-order valence-corrected chi connectivity index (χ1v) is 10.9. The first kappa shape index (κ1) is 21.9. The number of ether oxygens (including phenoxy) is 2. The van der Waals surface area contributed by atoms with E-state index in [1.165, 1.54) is 0 Å². The van der Waals surface area contributed by atoms with E-state index in [1.807, 2.05) is 6.07 Å². The van der Waals surface area contributed by atoms with Crippen LogP contribution >= 0.6 is 11.6 Å². The Balaban J connectivity index is 1.51. The molecule has 0 saturated carbocycles. The van der Waals surface area contributed by atoms with Crippen LogP contribution in [0.4, 0.5) is 5.69 Å². The summed E-state index contributed by atoms with van der Waals surface area (Å²) >= 11 is 6.17. The molecule has 8 heteroatoms. The van der Waals surface area contributed by atoms with Crippen LogP contribution in [0.2, 0.25) is 5.02 Å². The molecule has 166 valence electrons. The molecule has 2 heterocycles. The monoisotopic (exact) mass is 454 g/mol. The van der Waals surface area contributed by atoms with Gasteiger partial charge in [-0.3, -0.25) is 14.4 Å². The number of anilines is 1. The number of nitrogens with one attached hydrogen (secondary N) is 1. The van der Waals surface area contributed by atoms with E-state index in [0.29, 0.717) is 53.7 Å². The summed E-state index contributed by atoms with van der Waals surface area (Å²) in [5, 5.41) is 3.28. The smallest absolute Gasteiger partial charge is 0.310 e. The molecule has 0 spiro atoms. The SMILES string of the molecule is CCOC(=O)[C@H]1CCCN(C(=O)c2ccc3c(c2)NC(=O)/C(=C/c2ccccc2Cl)O3)C1. The van der Waals surface area contributed by atoms with E-state index >= 15 is 0 Å². The number of piperidine rings is 1. The van der Waals surface area contributed by atoms with E-state index in [2.05, 4.69) is 5.32 Å². The van der Waals surface area contributed by atoms with E-state index < -0.39 is 5.91 Å². The molecule has 7 nitrogen and oxygen atoms in total. The number of nitrogens with zero attached hydrogens (tertiary/aromatic N) is 1. The lowest BCUT2D eigenvalue weighted by Gasteiger charge is -2.32. The molecule has 1 fully saturated rings. The van der Waals surface area contributed by atoms with E-state index in [4.69, 9.17) is 21.1 Å². The Morgan fingerprint density at radius 1 is 1.28 bits per heavy atom. The van der Waals surface area contributed by atoms with Crippen LogP contribution in [0.3, 0.4) is 0 Å². The number of amides is 2. The highest BCUT2D eigenvalue weighted by Gasteiger charge is 2.31. The Morgan fingerprint density at radius 2 is 2.09 bits per heavy atom. The van der Waals surface area contributed by atoms with Crippen LogP contribution in [-0.2, 0) is 14.3 Å². The van der Waals surface area contributed by atoms with Crippen molar-refractivity contribution >= 4 is 41.1 Å². The molecule has 2 amide bonds. The molecule has 0 radical (unpaired) electrons. The van der Waals surface area contributed by atoms with Crippen LogP contribution < -0.4 is 10.1 Å². The molecule has 2 aromatic carbocycles. The fraction of sp³-hybridized carbons (Fsp3) is 0.292. The van der Waals surface area contributed by atoms with Gasteiger partial charge in [0.2, 0.25) is 0 Å². The highest BCUT2D eigenvalue weighted by atomic mass is 35.5. The van der Waals surface area contributed by atoms with Crippen LogP contribution in [0.25, 0.3) is 6.08 Å². The van der Waals surface area contributed by atoms with Crippen molar-refractivity contribution in [2.24, 2.45) is 5.92 Å². The number of esters is 1. The minimum Gasteiger partial charge on any atom is -0.466 e. The molecule has 0 aliphatic carbocycles. The zero-order valence-corrected chi connectivity index (χ0v) is 18.4. The normalized spacial score (nSPS) is 19.1. The molecule has 1 N–H and O–H groups in total. The lowest BCUT2D eigenvalue weighted by molar-refractivity contribution is -0.149. The van der Waals surface area contributed by atoms with Gasteiger partial charge in [-0.25, -0.2) is 0 Å². The first-order valence-electron chi connectivity index (χ1n) is 10.5. The second kappa shape index (κ2) is 9.44. The van der Waals surface area contributed by atoms with Gasteiger partial charge in [-0.1, -0.05) is 29.8 Å². The van der Waals surface area contributed by atoms with Crippen molar-refractivity contribution in [2.45, 2.75) is 19.8 Å². The third-order valence-electron chi connectivity index (χ3n) is 5.44. The van der Waals surface area contributed by atoms with Gasteiger partial charge in [0.1, 0.15) is 0 Å². The van der Waals surface area contributed by atoms with Gasteiger partial charge in [-0.15, -0.1) is 0 Å². The Bertz CT molecular complexity index is 1100. The third-order valence-corrected chi connectivity index (χ3v) is 5.78. The van der Waals surface area contributed by atoms with E-state index in [-0.39, 0.29) is 23.6 Å². The molecular weight excluding hydrogens is 432 g/mol. The number of carbonyl (C=O) groups is 3. The predicted molar refractivity (Wildman–Crippen MR) is 120 cm³/mol. The molecule has 2 aliphatic rings. The summed E-state index contributed by atoms with van der Waals surface area (Å²) < 4.78 is 10.9. The summed E-state index contributed by atoms with van der Waals surface area (Å²) in [5.74, 6) is -0.670. The predicted octanol–water partition coefficient (Wildman–Crippen LogP) is 4.13. The van der Waals surface area contributed by atoms with Gasteiger partial charge >= 0.3 is 5.97 Å². The van der Waals surface area contributed by atoms with Crippen LogP contribution in [-0.4, -0.2) is 42.4 Å². The number of hydrogen-bond donors (Lipinski definition) is 1. The van der Waals surface area contributed by atoms with Gasteiger partial charge in [0.05, 0.1) is 18.2 Å². The third kappa shape index (κ3) is 4.62. The minimum absolute atomic E-state index is 0.109. The van der Waals surface area contributed by atoms with Crippen molar-refractivity contribution in [2.75, 3.05) is 25.0 Å². The Morgan fingerprint density at radius 3 is 2.88 bits per heavy atom. The summed E-state index contributed by atoms with van der Waals surface area (Å²) in [7, 11) is 0. The van der Waals surface area contributed by atoms with Gasteiger partial charge < -0.3 is 19.7 Å². The van der Waals surface area contributed by atoms with E-state index in [0.717, 1.165) is 6.42 Å². The molecule has 0 aromatic heterocycles. The zero-order chi connectivity index (χ0) is 22.7. The quantitative estimate of drug-likeness (QED) is 0.554. The van der Waals surface area contributed by atoms with Crippen LogP contribution in [0, 0.1) is 5.92 Å². The molecule has 1 saturated heterocycles. The number of carbonyl (C=O) groups excluding carboxylic acids is 3. The summed E-state index contributed by atoms with van der Waals surface area (Å²) in [6.45, 7) is 2.98. The molecule has 1 atom stereocenters. The van der Waals surface area contributed by atoms with E-state index in [1.54, 1.807) is 54.3 Å². The van der Waals surface area contributed by atoms with Crippen molar-refractivity contribution in [1.29, 1.82) is 0 Å². The van der Waals surface area contributed by atoms with Gasteiger partial charge in [0.25, 0.3) is 11.8 Å². The fourth-order valence-corrected chi connectivity index (χ4v) is 4.01. The maximum absolute atomic E-state index is 13.0. The number of likely N-dealkylation sites (tertiary alicyclic amines) is 1. The highest BCUT2D eigenvalue weighted by molar-refractivity contribution is 6.32. The molecule has 0 unspecified atom stereocenters. The Labute approximate surface area is 190 Å². The van der Waals surface area contributed by atoms with Gasteiger partial charge in [0, 0.05) is 23.7 Å². The van der Waals surface area contributed by atoms with Crippen molar-refractivity contribution < 1.29 is 23.9 Å². The average Bonchev–Trinajstić information content (AvgIpc) is 2.80. The number of hydrogen-bond acceptors (Lipinski definition) is 5.